The highest BCUT2D eigenvalue weighted by Gasteiger charge is 2.09. The van der Waals surface area contributed by atoms with Gasteiger partial charge >= 0.3 is 0 Å². The predicted molar refractivity (Wildman–Crippen MR) is 71.4 cm³/mol. The third-order valence-corrected chi connectivity index (χ3v) is 3.48. The van der Waals surface area contributed by atoms with Crippen LogP contribution in [0.25, 0.3) is 0 Å². The molecule has 0 atom stereocenters. The Kier molecular flexibility index (Phi) is 4.52. The van der Waals surface area contributed by atoms with E-state index in [-0.39, 0.29) is 0 Å². The van der Waals surface area contributed by atoms with Crippen molar-refractivity contribution in [1.82, 2.24) is 0 Å². The summed E-state index contributed by atoms with van der Waals surface area (Å²) in [6, 6.07) is 8.20. The Bertz CT molecular complexity index is 284. The number of anilines is 1. The second-order valence-corrected chi connectivity index (χ2v) is 6.73. The molecule has 1 rings (SSSR count). The Morgan fingerprint density at radius 1 is 1.13 bits per heavy atom. The molecule has 0 aliphatic heterocycles. The highest BCUT2D eigenvalue weighted by molar-refractivity contribution is 8.00. The molecule has 0 spiro atoms. The zero-order valence-corrected chi connectivity index (χ0v) is 10.7. The third kappa shape index (κ3) is 5.73. The van der Waals surface area contributed by atoms with Crippen molar-refractivity contribution in [2.45, 2.75) is 38.4 Å². The summed E-state index contributed by atoms with van der Waals surface area (Å²) in [5.41, 5.74) is 7.87. The molecular formula is C13H21NS. The Labute approximate surface area is 97.4 Å². The third-order valence-electron chi connectivity index (χ3n) is 2.12. The Hall–Kier alpha value is -0.630. The van der Waals surface area contributed by atoms with Crippen LogP contribution in [-0.2, 0) is 6.42 Å². The van der Waals surface area contributed by atoms with Crippen LogP contribution in [0.15, 0.2) is 24.3 Å². The molecule has 2 heteroatoms. The van der Waals surface area contributed by atoms with Crippen LogP contribution in [0.1, 0.15) is 32.8 Å². The highest BCUT2D eigenvalue weighted by atomic mass is 32.2. The van der Waals surface area contributed by atoms with E-state index in [9.17, 15) is 0 Å². The summed E-state index contributed by atoms with van der Waals surface area (Å²) in [6.45, 7) is 6.79. The molecule has 0 aromatic heterocycles. The second kappa shape index (κ2) is 5.45. The lowest BCUT2D eigenvalue weighted by atomic mass is 10.1. The molecule has 0 fully saturated rings. The molecule has 15 heavy (non-hydrogen) atoms. The first-order valence-corrected chi connectivity index (χ1v) is 6.44. The average Bonchev–Trinajstić information content (AvgIpc) is 2.14. The first-order chi connectivity index (χ1) is 6.97. The molecular weight excluding hydrogens is 202 g/mol. The maximum absolute atomic E-state index is 5.63. The maximum Gasteiger partial charge on any atom is 0.0314 e. The van der Waals surface area contributed by atoms with Crippen LogP contribution in [0.4, 0.5) is 5.69 Å². The number of aryl methyl sites for hydroxylation is 1. The molecule has 1 nitrogen and oxygen atoms in total. The van der Waals surface area contributed by atoms with Gasteiger partial charge in [0.1, 0.15) is 0 Å². The lowest BCUT2D eigenvalue weighted by Gasteiger charge is -2.17. The first-order valence-electron chi connectivity index (χ1n) is 5.46. The molecule has 0 radical (unpaired) electrons. The Morgan fingerprint density at radius 3 is 2.27 bits per heavy atom. The van der Waals surface area contributed by atoms with E-state index in [2.05, 4.69) is 32.9 Å². The molecule has 0 aliphatic carbocycles. The summed E-state index contributed by atoms with van der Waals surface area (Å²) in [5.74, 6) is 1.23. The van der Waals surface area contributed by atoms with Crippen LogP contribution in [0.3, 0.4) is 0 Å². The number of rotatable bonds is 4. The smallest absolute Gasteiger partial charge is 0.0314 e. The van der Waals surface area contributed by atoms with Crippen LogP contribution in [0, 0.1) is 0 Å². The van der Waals surface area contributed by atoms with Crippen molar-refractivity contribution >= 4 is 17.4 Å². The van der Waals surface area contributed by atoms with E-state index >= 15 is 0 Å². The summed E-state index contributed by atoms with van der Waals surface area (Å²) in [5, 5.41) is 0. The SMILES string of the molecule is CC(C)(C)SCCCc1ccc(N)cc1. The van der Waals surface area contributed by atoms with Crippen LogP contribution in [-0.4, -0.2) is 10.5 Å². The fourth-order valence-corrected chi connectivity index (χ4v) is 2.24. The van der Waals surface area contributed by atoms with Crippen molar-refractivity contribution in [1.29, 1.82) is 0 Å². The van der Waals surface area contributed by atoms with Crippen molar-refractivity contribution in [3.05, 3.63) is 29.8 Å². The second-order valence-electron chi connectivity index (χ2n) is 4.81. The summed E-state index contributed by atoms with van der Waals surface area (Å²) in [7, 11) is 0. The van der Waals surface area contributed by atoms with Gasteiger partial charge in [-0.25, -0.2) is 0 Å². The van der Waals surface area contributed by atoms with Gasteiger partial charge in [-0.2, -0.15) is 11.8 Å². The van der Waals surface area contributed by atoms with Crippen molar-refractivity contribution in [2.24, 2.45) is 0 Å². The zero-order chi connectivity index (χ0) is 11.3. The van der Waals surface area contributed by atoms with Crippen LogP contribution < -0.4 is 5.73 Å². The molecule has 1 aromatic rings. The van der Waals surface area contributed by atoms with E-state index < -0.39 is 0 Å². The molecule has 0 heterocycles. The number of hydrogen-bond donors (Lipinski definition) is 1. The monoisotopic (exact) mass is 223 g/mol. The number of benzene rings is 1. The van der Waals surface area contributed by atoms with Gasteiger partial charge < -0.3 is 5.73 Å². The summed E-state index contributed by atoms with van der Waals surface area (Å²) >= 11 is 2.03. The predicted octanol–water partition coefficient (Wildman–Crippen LogP) is 3.73. The molecule has 0 aliphatic rings. The largest absolute Gasteiger partial charge is 0.399 e. The number of nitrogens with two attached hydrogens (primary N) is 1. The molecule has 0 saturated carbocycles. The van der Waals surface area contributed by atoms with Gasteiger partial charge in [0.05, 0.1) is 0 Å². The van der Waals surface area contributed by atoms with Gasteiger partial charge in [-0.05, 0) is 36.3 Å². The molecule has 2 N–H and O–H groups in total. The first kappa shape index (κ1) is 12.4. The molecule has 1 aromatic carbocycles. The van der Waals surface area contributed by atoms with Gasteiger partial charge in [0.25, 0.3) is 0 Å². The minimum Gasteiger partial charge on any atom is -0.399 e. The number of hydrogen-bond acceptors (Lipinski definition) is 2. The van der Waals surface area contributed by atoms with E-state index in [0.717, 1.165) is 12.1 Å². The normalized spacial score (nSPS) is 11.7. The van der Waals surface area contributed by atoms with Crippen molar-refractivity contribution < 1.29 is 0 Å². The zero-order valence-electron chi connectivity index (χ0n) is 9.92. The summed E-state index contributed by atoms with van der Waals surface area (Å²) in [6.07, 6.45) is 2.40. The fourth-order valence-electron chi connectivity index (χ4n) is 1.34. The fraction of sp³-hybridized carbons (Fsp3) is 0.538. The lowest BCUT2D eigenvalue weighted by Crippen LogP contribution is -2.08. The van der Waals surface area contributed by atoms with Gasteiger partial charge in [0.2, 0.25) is 0 Å². The average molecular weight is 223 g/mol. The van der Waals surface area contributed by atoms with Crippen LogP contribution >= 0.6 is 11.8 Å². The highest BCUT2D eigenvalue weighted by Crippen LogP contribution is 2.24. The van der Waals surface area contributed by atoms with E-state index in [0.29, 0.717) is 4.75 Å². The molecule has 0 bridgehead atoms. The molecule has 0 unspecified atom stereocenters. The minimum absolute atomic E-state index is 0.390. The molecule has 84 valence electrons. The number of thioether (sulfide) groups is 1. The number of nitrogen functional groups attached to an aromatic ring is 1. The van der Waals surface area contributed by atoms with E-state index in [1.54, 1.807) is 0 Å². The van der Waals surface area contributed by atoms with E-state index in [1.165, 1.54) is 17.7 Å². The van der Waals surface area contributed by atoms with Gasteiger partial charge in [0.15, 0.2) is 0 Å². The quantitative estimate of drug-likeness (QED) is 0.621. The Balaban J connectivity index is 2.23. The molecule has 0 amide bonds. The van der Waals surface area contributed by atoms with Gasteiger partial charge in [-0.1, -0.05) is 32.9 Å². The standard InChI is InChI=1S/C13H21NS/c1-13(2,3)15-10-4-5-11-6-8-12(14)9-7-11/h6-9H,4-5,10,14H2,1-3H3. The van der Waals surface area contributed by atoms with Gasteiger partial charge in [-0.15, -0.1) is 0 Å². The van der Waals surface area contributed by atoms with Gasteiger partial charge in [0, 0.05) is 10.4 Å². The van der Waals surface area contributed by atoms with Crippen molar-refractivity contribution in [3.8, 4) is 0 Å². The Morgan fingerprint density at radius 2 is 1.73 bits per heavy atom. The van der Waals surface area contributed by atoms with Crippen molar-refractivity contribution in [2.75, 3.05) is 11.5 Å². The molecule has 0 saturated heterocycles. The lowest BCUT2D eigenvalue weighted by molar-refractivity contribution is 0.797. The van der Waals surface area contributed by atoms with Crippen LogP contribution in [0.2, 0.25) is 0 Å². The maximum atomic E-state index is 5.63. The minimum atomic E-state index is 0.390. The van der Waals surface area contributed by atoms with Crippen LogP contribution in [0.5, 0.6) is 0 Å². The van der Waals surface area contributed by atoms with E-state index in [1.807, 2.05) is 23.9 Å². The summed E-state index contributed by atoms with van der Waals surface area (Å²) < 4.78 is 0.390. The van der Waals surface area contributed by atoms with Gasteiger partial charge in [-0.3, -0.25) is 0 Å². The van der Waals surface area contributed by atoms with Crippen molar-refractivity contribution in [3.63, 3.8) is 0 Å². The van der Waals surface area contributed by atoms with E-state index in [4.69, 9.17) is 5.73 Å². The summed E-state index contributed by atoms with van der Waals surface area (Å²) in [4.78, 5) is 0. The topological polar surface area (TPSA) is 26.0 Å².